The number of hydrogen-bond donors (Lipinski definition) is 0. The maximum absolute atomic E-state index is 0. The van der Waals surface area contributed by atoms with Gasteiger partial charge in [0.1, 0.15) is 0 Å². The van der Waals surface area contributed by atoms with E-state index in [1.54, 1.807) is 0 Å². The first kappa shape index (κ1) is 3210. The van der Waals surface area contributed by atoms with E-state index in [1.807, 2.05) is 0 Å². The topological polar surface area (TPSA) is 1140 Å². The fourth-order valence-electron chi connectivity index (χ4n) is 0. The summed E-state index contributed by atoms with van der Waals surface area (Å²) in [7, 11) is 0. The van der Waals surface area contributed by atoms with Crippen molar-refractivity contribution in [2.24, 2.45) is 0 Å². The summed E-state index contributed by atoms with van der Waals surface area (Å²) in [6.45, 7) is 0. The second-order valence-electron chi connectivity index (χ2n) is 0. The molecule has 65 heavy (non-hydrogen) atoms. The van der Waals surface area contributed by atoms with Crippen LogP contribution >= 0.6 is 0 Å². The smallest absolute Gasteiger partial charge is 2.00 e. The molecule has 0 saturated heterocycles. The Labute approximate surface area is 642 Å². The van der Waals surface area contributed by atoms with Gasteiger partial charge in [0.05, 0.1) is 0 Å². The zero-order chi connectivity index (χ0) is 0. The predicted molar refractivity (Wildman–Crippen MR) is 171 cm³/mol. The Bertz CT molecular complexity index is 62.5. The van der Waals surface area contributed by atoms with Crippen molar-refractivity contribution in [1.82, 2.24) is 0 Å². The third-order valence-corrected chi connectivity index (χ3v) is 0. The van der Waals surface area contributed by atoms with Gasteiger partial charge in [0.2, 0.25) is 0 Å². The molecule has 0 N–H and O–H groups in total. The molecule has 0 heterocycles. The summed E-state index contributed by atoms with van der Waals surface area (Å²) in [5.41, 5.74) is 0. The molecular formula is Al25O40-5. The van der Waals surface area contributed by atoms with Crippen molar-refractivity contribution in [3.63, 3.8) is 0 Å². The van der Waals surface area contributed by atoms with Gasteiger partial charge in [-0.3, -0.25) is 0 Å². The van der Waals surface area contributed by atoms with E-state index in [-0.39, 0.29) is 653 Å². The summed E-state index contributed by atoms with van der Waals surface area (Å²) >= 11 is 0. The standard InChI is InChI=1S/25Al.40O/q25*+3;40*-2. The Hall–Kier alpha value is 11.7. The van der Waals surface area contributed by atoms with Crippen LogP contribution in [0.25, 0.3) is 0 Å². The van der Waals surface area contributed by atoms with Gasteiger partial charge in [-0.1, -0.05) is 0 Å². The number of rotatable bonds is 0. The Morgan fingerprint density at radius 2 is 0.0308 bits per heavy atom. The Morgan fingerprint density at radius 1 is 0.0308 bits per heavy atom. The molecule has 0 saturated carbocycles. The molecule has 0 fully saturated rings. The van der Waals surface area contributed by atoms with Gasteiger partial charge in [0.15, 0.2) is 0 Å². The molecule has 0 aromatic carbocycles. The van der Waals surface area contributed by atoms with Crippen LogP contribution in [0.5, 0.6) is 0 Å². The second-order valence-corrected chi connectivity index (χ2v) is 0. The van der Waals surface area contributed by atoms with Crippen LogP contribution in [0.3, 0.4) is 0 Å². The van der Waals surface area contributed by atoms with E-state index in [1.165, 1.54) is 0 Å². The fraction of sp³-hybridized carbons (Fsp3) is 0. The molecule has 0 rings (SSSR count). The summed E-state index contributed by atoms with van der Waals surface area (Å²) < 4.78 is 0. The largest absolute Gasteiger partial charge is 3.00 e. The zero-order valence-electron chi connectivity index (χ0n) is 30.8. The summed E-state index contributed by atoms with van der Waals surface area (Å²) in [5.74, 6) is 0. The minimum Gasteiger partial charge on any atom is -2.00 e. The van der Waals surface area contributed by atoms with Crippen molar-refractivity contribution >= 4 is 434 Å². The van der Waals surface area contributed by atoms with Crippen molar-refractivity contribution < 1.29 is 219 Å². The van der Waals surface area contributed by atoms with Gasteiger partial charge in [-0.15, -0.1) is 0 Å². The normalized spacial score (nSPS) is 0. The minimum atomic E-state index is 0. The van der Waals surface area contributed by atoms with Crippen molar-refractivity contribution in [2.45, 2.75) is 0 Å². The molecule has 0 aliphatic heterocycles. The molecule has 0 bridgehead atoms. The van der Waals surface area contributed by atoms with Crippen molar-refractivity contribution in [1.29, 1.82) is 0 Å². The first-order valence-electron chi connectivity index (χ1n) is 0. The predicted octanol–water partition coefficient (Wildman–Crippen LogP) is -14.3. The van der Waals surface area contributed by atoms with Crippen molar-refractivity contribution in [3.05, 3.63) is 0 Å². The Balaban J connectivity index is 0. The van der Waals surface area contributed by atoms with E-state index in [4.69, 9.17) is 0 Å². The molecule has 0 spiro atoms. The van der Waals surface area contributed by atoms with Crippen LogP contribution in [0.2, 0.25) is 0 Å². The first-order chi connectivity index (χ1) is 0. The van der Waals surface area contributed by atoms with Crippen molar-refractivity contribution in [3.8, 4) is 0 Å². The minimum absolute atomic E-state index is 0. The van der Waals surface area contributed by atoms with Gasteiger partial charge in [0.25, 0.3) is 0 Å². The van der Waals surface area contributed by atoms with Crippen LogP contribution in [0.15, 0.2) is 0 Å². The van der Waals surface area contributed by atoms with Crippen molar-refractivity contribution in [2.75, 3.05) is 0 Å². The van der Waals surface area contributed by atoms with E-state index in [0.29, 0.717) is 0 Å². The van der Waals surface area contributed by atoms with E-state index in [2.05, 4.69) is 0 Å². The molecule has 0 unspecified atom stereocenters. The van der Waals surface area contributed by atoms with Crippen LogP contribution in [0.4, 0.5) is 0 Å². The first-order valence-corrected chi connectivity index (χ1v) is 0. The van der Waals surface area contributed by atoms with Gasteiger partial charge in [-0.25, -0.2) is 0 Å². The van der Waals surface area contributed by atoms with Crippen LogP contribution < -0.4 is 0 Å². The fourth-order valence-corrected chi connectivity index (χ4v) is 0. The van der Waals surface area contributed by atoms with Gasteiger partial charge in [-0.05, 0) is 0 Å². The molecule has 0 amide bonds. The molecule has 320 valence electrons. The van der Waals surface area contributed by atoms with Gasteiger partial charge < -0.3 is 219 Å². The van der Waals surface area contributed by atoms with E-state index >= 15 is 0 Å². The SMILES string of the molecule is [Al+3].[Al+3].[Al+3].[Al+3].[Al+3].[Al+3].[Al+3].[Al+3].[Al+3].[Al+3].[Al+3].[Al+3].[Al+3].[Al+3].[Al+3].[Al+3].[Al+3].[Al+3].[Al+3].[Al+3].[Al+3].[Al+3].[Al+3].[Al+3].[Al+3].[O-2].[O-2].[O-2].[O-2].[O-2].[O-2].[O-2].[O-2].[O-2].[O-2].[O-2].[O-2].[O-2].[O-2].[O-2].[O-2].[O-2].[O-2].[O-2].[O-2].[O-2].[O-2].[O-2].[O-2].[O-2].[O-2].[O-2].[O-2].[O-2].[O-2].[O-2].[O-2].[O-2].[O-2].[O-2].[O-2].[O-2].[O-2].[O-2].[O-2]. The second kappa shape index (κ2) is 3080. The maximum Gasteiger partial charge on any atom is 3.00 e. The molecule has 0 aliphatic carbocycles. The Morgan fingerprint density at radius 3 is 0.0308 bits per heavy atom. The van der Waals surface area contributed by atoms with Gasteiger partial charge in [0, 0.05) is 0 Å². The average molecular weight is 1310 g/mol. The summed E-state index contributed by atoms with van der Waals surface area (Å²) in [6, 6.07) is 0. The quantitative estimate of drug-likeness (QED) is 0.204. The monoisotopic (exact) mass is 1310 g/mol. The van der Waals surface area contributed by atoms with Crippen LogP contribution in [0.1, 0.15) is 0 Å². The Kier molecular flexibility index (Phi) is 152000. The molecule has 65 heteroatoms. The van der Waals surface area contributed by atoms with E-state index in [0.717, 1.165) is 0 Å². The molecular weight excluding hydrogens is 1310 g/mol. The van der Waals surface area contributed by atoms with Gasteiger partial charge >= 0.3 is 434 Å². The van der Waals surface area contributed by atoms with Crippen LogP contribution in [-0.2, 0) is 219 Å². The maximum atomic E-state index is 0. The molecule has 0 atom stereocenters. The summed E-state index contributed by atoms with van der Waals surface area (Å²) in [5, 5.41) is 0. The average Bonchev–Trinajstić information content (AvgIpc) is 0. The van der Waals surface area contributed by atoms with Gasteiger partial charge in [-0.2, -0.15) is 0 Å². The molecule has 0 aliphatic rings. The van der Waals surface area contributed by atoms with E-state index in [9.17, 15) is 0 Å². The molecule has 40 nitrogen and oxygen atoms in total. The summed E-state index contributed by atoms with van der Waals surface area (Å²) in [4.78, 5) is 0. The number of hydrogen-bond acceptors (Lipinski definition) is 0. The van der Waals surface area contributed by atoms with Crippen LogP contribution in [-0.4, -0.2) is 434 Å². The molecule has 0 aromatic heterocycles. The molecule has 0 radical (unpaired) electrons. The molecule has 0 aromatic rings. The third kappa shape index (κ3) is 3000. The van der Waals surface area contributed by atoms with E-state index < -0.39 is 0 Å². The summed E-state index contributed by atoms with van der Waals surface area (Å²) in [6.07, 6.45) is 0. The third-order valence-electron chi connectivity index (χ3n) is 0. The van der Waals surface area contributed by atoms with Crippen LogP contribution in [0, 0.1) is 0 Å². The zero-order valence-corrected chi connectivity index (χ0v) is 59.6.